The van der Waals surface area contributed by atoms with Crippen molar-refractivity contribution in [3.8, 4) is 0 Å². The second-order valence-corrected chi connectivity index (χ2v) is 5.17. The van der Waals surface area contributed by atoms with Gasteiger partial charge < -0.3 is 9.64 Å². The zero-order chi connectivity index (χ0) is 14.0. The van der Waals surface area contributed by atoms with Gasteiger partial charge in [-0.2, -0.15) is 0 Å². The number of likely N-dealkylation sites (tertiary alicyclic amines) is 1. The fourth-order valence-electron chi connectivity index (χ4n) is 1.62. The van der Waals surface area contributed by atoms with Crippen LogP contribution in [0.5, 0.6) is 0 Å². The predicted octanol–water partition coefficient (Wildman–Crippen LogP) is 2.94. The summed E-state index contributed by atoms with van der Waals surface area (Å²) >= 11 is 0. The molecule has 1 aliphatic heterocycles. The molecule has 0 bridgehead atoms. The highest BCUT2D eigenvalue weighted by molar-refractivity contribution is 5.68. The van der Waals surface area contributed by atoms with Gasteiger partial charge in [-0.15, -0.1) is 0 Å². The Balaban J connectivity index is 2.69. The number of alkyl halides is 2. The van der Waals surface area contributed by atoms with E-state index in [1.54, 1.807) is 20.8 Å². The minimum atomic E-state index is -3.22. The summed E-state index contributed by atoms with van der Waals surface area (Å²) in [5.41, 5.74) is 7.47. The summed E-state index contributed by atoms with van der Waals surface area (Å²) in [6, 6.07) is -1.40. The van der Waals surface area contributed by atoms with Crippen LogP contribution in [0.1, 0.15) is 27.2 Å². The SMILES string of the molecule is CC(C)(C)OC(=O)N1CC[C@@H](N=[N+]=[N-])C(F)(F)C1. The molecule has 0 saturated carbocycles. The molecule has 1 heterocycles. The summed E-state index contributed by atoms with van der Waals surface area (Å²) < 4.78 is 32.2. The number of azide groups is 1. The van der Waals surface area contributed by atoms with Gasteiger partial charge in [-0.25, -0.2) is 13.6 Å². The van der Waals surface area contributed by atoms with Crippen molar-refractivity contribution >= 4 is 6.09 Å². The van der Waals surface area contributed by atoms with E-state index in [1.165, 1.54) is 0 Å². The molecule has 1 amide bonds. The van der Waals surface area contributed by atoms with Crippen LogP contribution in [0.2, 0.25) is 0 Å². The molecule has 6 nitrogen and oxygen atoms in total. The molecule has 0 radical (unpaired) electrons. The number of hydrogen-bond acceptors (Lipinski definition) is 3. The molecule has 0 aromatic heterocycles. The van der Waals surface area contributed by atoms with Gasteiger partial charge in [-0.3, -0.25) is 0 Å². The molecule has 1 aliphatic rings. The highest BCUT2D eigenvalue weighted by Gasteiger charge is 2.46. The van der Waals surface area contributed by atoms with Crippen molar-refractivity contribution in [3.63, 3.8) is 0 Å². The highest BCUT2D eigenvalue weighted by Crippen LogP contribution is 2.30. The predicted molar refractivity (Wildman–Crippen MR) is 60.3 cm³/mol. The van der Waals surface area contributed by atoms with Crippen molar-refractivity contribution in [2.45, 2.75) is 44.8 Å². The van der Waals surface area contributed by atoms with Crippen LogP contribution in [0.3, 0.4) is 0 Å². The largest absolute Gasteiger partial charge is 0.444 e. The van der Waals surface area contributed by atoms with Crippen LogP contribution < -0.4 is 0 Å². The molecule has 0 N–H and O–H groups in total. The maximum atomic E-state index is 13.6. The number of hydrogen-bond donors (Lipinski definition) is 0. The molecular formula is C10H16F2N4O2. The van der Waals surface area contributed by atoms with Crippen LogP contribution in [-0.4, -0.2) is 41.6 Å². The van der Waals surface area contributed by atoms with E-state index in [1.807, 2.05) is 0 Å². The second-order valence-electron chi connectivity index (χ2n) is 5.17. The molecule has 0 aromatic carbocycles. The van der Waals surface area contributed by atoms with E-state index in [-0.39, 0.29) is 13.0 Å². The summed E-state index contributed by atoms with van der Waals surface area (Å²) in [6.45, 7) is 4.29. The molecule has 18 heavy (non-hydrogen) atoms. The Morgan fingerprint density at radius 3 is 2.61 bits per heavy atom. The van der Waals surface area contributed by atoms with Gasteiger partial charge in [0, 0.05) is 11.5 Å². The Bertz CT molecular complexity index is 375. The summed E-state index contributed by atoms with van der Waals surface area (Å²) in [4.78, 5) is 15.0. The van der Waals surface area contributed by atoms with E-state index < -0.39 is 30.2 Å². The van der Waals surface area contributed by atoms with E-state index in [0.29, 0.717) is 0 Å². The standard InChI is InChI=1S/C10H16F2N4O2/c1-9(2,3)18-8(17)16-5-4-7(14-15-13)10(11,12)6-16/h7H,4-6H2,1-3H3/t7-/m1/s1. The number of rotatable bonds is 1. The smallest absolute Gasteiger partial charge is 0.410 e. The zero-order valence-corrected chi connectivity index (χ0v) is 10.6. The average molecular weight is 262 g/mol. The molecule has 1 fully saturated rings. The number of carbonyl (C=O) groups excluding carboxylic acids is 1. The average Bonchev–Trinajstić information content (AvgIpc) is 2.18. The molecule has 8 heteroatoms. The van der Waals surface area contributed by atoms with Crippen LogP contribution in [0.15, 0.2) is 5.11 Å². The summed E-state index contributed by atoms with van der Waals surface area (Å²) in [5, 5.41) is 3.06. The van der Waals surface area contributed by atoms with E-state index in [9.17, 15) is 13.6 Å². The van der Waals surface area contributed by atoms with E-state index in [4.69, 9.17) is 10.3 Å². The van der Waals surface area contributed by atoms with Crippen LogP contribution in [0.4, 0.5) is 13.6 Å². The number of nitrogens with zero attached hydrogens (tertiary/aromatic N) is 4. The maximum absolute atomic E-state index is 13.6. The number of halogens is 2. The van der Waals surface area contributed by atoms with E-state index in [0.717, 1.165) is 4.90 Å². The molecule has 0 unspecified atom stereocenters. The topological polar surface area (TPSA) is 78.3 Å². The zero-order valence-electron chi connectivity index (χ0n) is 10.6. The lowest BCUT2D eigenvalue weighted by Crippen LogP contribution is -2.53. The highest BCUT2D eigenvalue weighted by atomic mass is 19.3. The summed E-state index contributed by atoms with van der Waals surface area (Å²) in [6.07, 6.45) is -0.849. The third kappa shape index (κ3) is 3.73. The first-order valence-corrected chi connectivity index (χ1v) is 5.56. The quantitative estimate of drug-likeness (QED) is 0.413. The Kier molecular flexibility index (Phi) is 4.01. The van der Waals surface area contributed by atoms with Gasteiger partial charge in [0.1, 0.15) is 11.6 Å². The number of piperidine rings is 1. The van der Waals surface area contributed by atoms with Gasteiger partial charge in [0.25, 0.3) is 5.92 Å². The van der Waals surface area contributed by atoms with Gasteiger partial charge in [0.05, 0.1) is 6.54 Å². The first-order chi connectivity index (χ1) is 8.15. The lowest BCUT2D eigenvalue weighted by atomic mass is 10.0. The Labute approximate surface area is 104 Å². The molecular weight excluding hydrogens is 246 g/mol. The molecule has 1 rings (SSSR count). The van der Waals surface area contributed by atoms with Gasteiger partial charge in [0.2, 0.25) is 0 Å². The number of ether oxygens (including phenoxy) is 1. The maximum Gasteiger partial charge on any atom is 0.410 e. The van der Waals surface area contributed by atoms with Gasteiger partial charge in [0.15, 0.2) is 0 Å². The molecule has 1 saturated heterocycles. The van der Waals surface area contributed by atoms with Crippen LogP contribution >= 0.6 is 0 Å². The summed E-state index contributed by atoms with van der Waals surface area (Å²) in [5.74, 6) is -3.22. The van der Waals surface area contributed by atoms with Crippen molar-refractivity contribution in [1.29, 1.82) is 0 Å². The van der Waals surface area contributed by atoms with Crippen molar-refractivity contribution in [2.24, 2.45) is 5.11 Å². The third-order valence-electron chi connectivity index (χ3n) is 2.40. The fraction of sp³-hybridized carbons (Fsp3) is 0.900. The minimum Gasteiger partial charge on any atom is -0.444 e. The van der Waals surface area contributed by atoms with Crippen LogP contribution in [0.25, 0.3) is 10.4 Å². The molecule has 1 atom stereocenters. The lowest BCUT2D eigenvalue weighted by molar-refractivity contribution is -0.0818. The van der Waals surface area contributed by atoms with Gasteiger partial charge in [-0.1, -0.05) is 5.11 Å². The minimum absolute atomic E-state index is 0.0731. The molecule has 102 valence electrons. The Morgan fingerprint density at radius 1 is 1.56 bits per heavy atom. The van der Waals surface area contributed by atoms with Gasteiger partial charge >= 0.3 is 6.09 Å². The molecule has 0 aliphatic carbocycles. The first-order valence-electron chi connectivity index (χ1n) is 5.56. The van der Waals surface area contributed by atoms with Gasteiger partial charge in [-0.05, 0) is 32.7 Å². The van der Waals surface area contributed by atoms with Crippen LogP contribution in [-0.2, 0) is 4.74 Å². The Hall–Kier alpha value is -1.56. The molecule has 0 spiro atoms. The van der Waals surface area contributed by atoms with Crippen molar-refractivity contribution in [2.75, 3.05) is 13.1 Å². The number of amides is 1. The number of carbonyl (C=O) groups is 1. The lowest BCUT2D eigenvalue weighted by Gasteiger charge is -2.36. The van der Waals surface area contributed by atoms with Crippen LogP contribution in [0, 0.1) is 0 Å². The van der Waals surface area contributed by atoms with Crippen molar-refractivity contribution in [1.82, 2.24) is 4.90 Å². The van der Waals surface area contributed by atoms with Crippen molar-refractivity contribution < 1.29 is 18.3 Å². The normalized spacial score (nSPS) is 23.2. The fourth-order valence-corrected chi connectivity index (χ4v) is 1.62. The van der Waals surface area contributed by atoms with Crippen molar-refractivity contribution in [3.05, 3.63) is 10.4 Å². The van der Waals surface area contributed by atoms with E-state index >= 15 is 0 Å². The summed E-state index contributed by atoms with van der Waals surface area (Å²) in [7, 11) is 0. The first kappa shape index (κ1) is 14.5. The second kappa shape index (κ2) is 4.97. The van der Waals surface area contributed by atoms with E-state index in [2.05, 4.69) is 10.0 Å². The monoisotopic (exact) mass is 262 g/mol. The Morgan fingerprint density at radius 2 is 2.17 bits per heavy atom. The molecule has 0 aromatic rings. The third-order valence-corrected chi connectivity index (χ3v) is 2.40.